The first-order valence-electron chi connectivity index (χ1n) is 12.1. The molecule has 2 aliphatic carbocycles. The van der Waals surface area contributed by atoms with E-state index in [9.17, 15) is 4.79 Å². The molecule has 2 atom stereocenters. The maximum absolute atomic E-state index is 13.5. The highest BCUT2D eigenvalue weighted by Gasteiger charge is 2.55. The van der Waals surface area contributed by atoms with Crippen LogP contribution in [0.4, 0.5) is 5.69 Å². The van der Waals surface area contributed by atoms with Crippen molar-refractivity contribution in [2.24, 2.45) is 11.8 Å². The number of fused-ring (bicyclic) bond motifs is 2. The number of likely N-dealkylation sites (tertiary alicyclic amines) is 1. The zero-order chi connectivity index (χ0) is 21.9. The zero-order valence-corrected chi connectivity index (χ0v) is 19.8. The molecule has 0 radical (unpaired) electrons. The van der Waals surface area contributed by atoms with Crippen molar-refractivity contribution in [2.45, 2.75) is 89.5 Å². The van der Waals surface area contributed by atoms with Gasteiger partial charge in [-0.15, -0.1) is 0 Å². The Morgan fingerprint density at radius 2 is 1.52 bits per heavy atom. The number of carbonyl (C=O) groups is 1. The molecule has 3 heterocycles. The van der Waals surface area contributed by atoms with Crippen LogP contribution in [0.3, 0.4) is 0 Å². The highest BCUT2D eigenvalue weighted by molar-refractivity contribution is 6.62. The van der Waals surface area contributed by atoms with Gasteiger partial charge in [0.25, 0.3) is 0 Å². The Bertz CT molecular complexity index is 926. The van der Waals surface area contributed by atoms with Crippen LogP contribution in [0.15, 0.2) is 18.2 Å². The highest BCUT2D eigenvalue weighted by Crippen LogP contribution is 2.50. The summed E-state index contributed by atoms with van der Waals surface area (Å²) in [6.45, 7) is 15.0. The minimum absolute atomic E-state index is 0.237. The van der Waals surface area contributed by atoms with Crippen molar-refractivity contribution < 1.29 is 14.1 Å². The monoisotopic (exact) mass is 422 g/mol. The summed E-state index contributed by atoms with van der Waals surface area (Å²) < 4.78 is 12.6. The van der Waals surface area contributed by atoms with Gasteiger partial charge in [0.2, 0.25) is 5.91 Å². The summed E-state index contributed by atoms with van der Waals surface area (Å²) >= 11 is 0. The van der Waals surface area contributed by atoms with Gasteiger partial charge in [0.15, 0.2) is 0 Å². The van der Waals surface area contributed by atoms with Crippen molar-refractivity contribution in [3.05, 3.63) is 23.8 Å². The molecule has 6 heteroatoms. The van der Waals surface area contributed by atoms with Gasteiger partial charge in [-0.3, -0.25) is 9.69 Å². The van der Waals surface area contributed by atoms with E-state index in [1.807, 2.05) is 0 Å². The molecule has 0 N–H and O–H groups in total. The predicted octanol–water partition coefficient (Wildman–Crippen LogP) is 3.09. The number of rotatable bonds is 3. The van der Waals surface area contributed by atoms with E-state index in [0.717, 1.165) is 41.4 Å². The summed E-state index contributed by atoms with van der Waals surface area (Å²) in [4.78, 5) is 18.3. The third-order valence-corrected chi connectivity index (χ3v) is 9.21. The molecule has 2 saturated heterocycles. The molecule has 0 spiro atoms. The van der Waals surface area contributed by atoms with Gasteiger partial charge >= 0.3 is 7.12 Å². The third-order valence-electron chi connectivity index (χ3n) is 9.21. The lowest BCUT2D eigenvalue weighted by atomic mass is 9.76. The maximum atomic E-state index is 13.5. The molecule has 31 heavy (non-hydrogen) atoms. The van der Waals surface area contributed by atoms with E-state index < -0.39 is 12.5 Å². The average Bonchev–Trinajstić information content (AvgIpc) is 3.11. The van der Waals surface area contributed by atoms with Gasteiger partial charge in [-0.2, -0.15) is 0 Å². The van der Waals surface area contributed by atoms with E-state index in [1.165, 1.54) is 19.5 Å². The molecule has 2 unspecified atom stereocenters. The van der Waals surface area contributed by atoms with E-state index in [-0.39, 0.29) is 17.1 Å². The number of nitrogens with zero attached hydrogens (tertiary/aromatic N) is 2. The van der Waals surface area contributed by atoms with Crippen LogP contribution in [0.2, 0.25) is 0 Å². The summed E-state index contributed by atoms with van der Waals surface area (Å²) in [5, 5.41) is 0. The zero-order valence-electron chi connectivity index (χ0n) is 19.8. The Balaban J connectivity index is 1.26. The fourth-order valence-corrected chi connectivity index (χ4v) is 6.09. The van der Waals surface area contributed by atoms with Crippen molar-refractivity contribution in [1.82, 2.24) is 4.90 Å². The summed E-state index contributed by atoms with van der Waals surface area (Å²) in [5.41, 5.74) is 1.97. The van der Waals surface area contributed by atoms with Gasteiger partial charge in [0.05, 0.1) is 16.6 Å². The van der Waals surface area contributed by atoms with Gasteiger partial charge in [0, 0.05) is 30.9 Å². The molecule has 6 rings (SSSR count). The molecule has 0 aromatic heterocycles. The molecule has 1 amide bonds. The van der Waals surface area contributed by atoms with Crippen LogP contribution in [0.25, 0.3) is 0 Å². The van der Waals surface area contributed by atoms with Gasteiger partial charge in [-0.1, -0.05) is 12.1 Å². The van der Waals surface area contributed by atoms with Crippen molar-refractivity contribution in [1.29, 1.82) is 0 Å². The Morgan fingerprint density at radius 1 is 0.903 bits per heavy atom. The first-order valence-corrected chi connectivity index (χ1v) is 12.1. The van der Waals surface area contributed by atoms with Crippen LogP contribution >= 0.6 is 0 Å². The van der Waals surface area contributed by atoms with Crippen molar-refractivity contribution in [3.8, 4) is 0 Å². The largest absolute Gasteiger partial charge is 0.494 e. The lowest BCUT2D eigenvalue weighted by Crippen LogP contribution is -2.56. The minimum Gasteiger partial charge on any atom is -0.399 e. The van der Waals surface area contributed by atoms with Crippen LogP contribution in [-0.4, -0.2) is 54.3 Å². The fraction of sp³-hybridized carbons (Fsp3) is 0.720. The van der Waals surface area contributed by atoms with E-state index >= 15 is 0 Å². The van der Waals surface area contributed by atoms with Crippen LogP contribution < -0.4 is 10.4 Å². The van der Waals surface area contributed by atoms with Gasteiger partial charge in [0.1, 0.15) is 0 Å². The molecule has 4 fully saturated rings. The van der Waals surface area contributed by atoms with E-state index in [2.05, 4.69) is 69.5 Å². The van der Waals surface area contributed by atoms with Crippen molar-refractivity contribution in [2.75, 3.05) is 18.0 Å². The predicted molar refractivity (Wildman–Crippen MR) is 123 cm³/mol. The lowest BCUT2D eigenvalue weighted by molar-refractivity contribution is -0.123. The molecule has 5 aliphatic rings. The highest BCUT2D eigenvalue weighted by atomic mass is 16.7. The van der Waals surface area contributed by atoms with Crippen LogP contribution in [0.1, 0.15) is 66.4 Å². The minimum atomic E-state index is -0.482. The molecule has 1 aromatic rings. The van der Waals surface area contributed by atoms with Crippen LogP contribution in [-0.2, 0) is 19.5 Å². The summed E-state index contributed by atoms with van der Waals surface area (Å²) in [6.07, 6.45) is 3.64. The van der Waals surface area contributed by atoms with Crippen LogP contribution in [0.5, 0.6) is 0 Å². The van der Waals surface area contributed by atoms with Crippen molar-refractivity contribution >= 4 is 24.2 Å². The standard InChI is InChI=1S/C25H35BN2O3/c1-23(2)20-8-7-17(26-30-24(3,4)25(5,6)31-26)10-21(20)28(22(23)29)19-11-18(12-19)27-13-15-9-16(15)14-27/h7-8,10,15-16,18-19H,9,11-14H2,1-6H3. The Hall–Kier alpha value is -1.37. The molecule has 5 nitrogen and oxygen atoms in total. The summed E-state index contributed by atoms with van der Waals surface area (Å²) in [7, 11) is -0.401. The molecule has 1 aromatic carbocycles. The maximum Gasteiger partial charge on any atom is 0.494 e. The Kier molecular flexibility index (Phi) is 4.02. The molecule has 166 valence electrons. The number of carbonyl (C=O) groups excluding carboxylic acids is 1. The number of hydrogen-bond donors (Lipinski definition) is 0. The lowest BCUT2D eigenvalue weighted by Gasteiger charge is -2.46. The number of amides is 1. The quantitative estimate of drug-likeness (QED) is 0.703. The van der Waals surface area contributed by atoms with Crippen molar-refractivity contribution in [3.63, 3.8) is 0 Å². The summed E-state index contributed by atoms with van der Waals surface area (Å²) in [5.74, 6) is 2.17. The first kappa shape index (κ1) is 20.3. The second kappa shape index (κ2) is 6.15. The normalized spacial score (nSPS) is 37.0. The van der Waals surface area contributed by atoms with Gasteiger partial charge < -0.3 is 14.2 Å². The smallest absolute Gasteiger partial charge is 0.399 e. The fourth-order valence-electron chi connectivity index (χ4n) is 6.09. The van der Waals surface area contributed by atoms with E-state index in [4.69, 9.17) is 9.31 Å². The second-order valence-electron chi connectivity index (χ2n) is 12.2. The topological polar surface area (TPSA) is 42.0 Å². The van der Waals surface area contributed by atoms with Gasteiger partial charge in [-0.25, -0.2) is 0 Å². The van der Waals surface area contributed by atoms with E-state index in [1.54, 1.807) is 0 Å². The molecule has 2 saturated carbocycles. The third kappa shape index (κ3) is 2.84. The summed E-state index contributed by atoms with van der Waals surface area (Å²) in [6, 6.07) is 7.33. The first-order chi connectivity index (χ1) is 14.5. The number of hydrogen-bond acceptors (Lipinski definition) is 4. The SMILES string of the molecule is CC1(C)C(=O)N(C2CC(N3CC4CC4C3)C2)c2cc(B3OC(C)(C)C(C)(C)O3)ccc21. The van der Waals surface area contributed by atoms with Crippen LogP contribution in [0, 0.1) is 11.8 Å². The number of anilines is 1. The average molecular weight is 422 g/mol. The molecule has 0 bridgehead atoms. The molecular weight excluding hydrogens is 387 g/mol. The number of benzene rings is 1. The number of piperidine rings is 1. The second-order valence-corrected chi connectivity index (χ2v) is 12.2. The Morgan fingerprint density at radius 3 is 2.13 bits per heavy atom. The van der Waals surface area contributed by atoms with Gasteiger partial charge in [-0.05, 0) is 89.7 Å². The Labute approximate surface area is 186 Å². The molecule has 3 aliphatic heterocycles. The molecular formula is C25H35BN2O3. The van der Waals surface area contributed by atoms with E-state index in [0.29, 0.717) is 12.1 Å².